The van der Waals surface area contributed by atoms with Crippen molar-refractivity contribution in [3.8, 4) is 0 Å². The third kappa shape index (κ3) is 4.06. The summed E-state index contributed by atoms with van der Waals surface area (Å²) in [7, 11) is 0. The normalized spacial score (nSPS) is 15.5. The van der Waals surface area contributed by atoms with Gasteiger partial charge in [-0.25, -0.2) is 4.98 Å². The zero-order chi connectivity index (χ0) is 21.2. The summed E-state index contributed by atoms with van der Waals surface area (Å²) in [6.07, 6.45) is 4.96. The summed E-state index contributed by atoms with van der Waals surface area (Å²) >= 11 is 0. The molecule has 8 nitrogen and oxygen atoms in total. The average Bonchev–Trinajstić information content (AvgIpc) is 3.17. The van der Waals surface area contributed by atoms with E-state index >= 15 is 0 Å². The topological polar surface area (TPSA) is 93.3 Å². The van der Waals surface area contributed by atoms with Crippen molar-refractivity contribution in [1.82, 2.24) is 24.8 Å². The Morgan fingerprint density at radius 3 is 2.71 bits per heavy atom. The van der Waals surface area contributed by atoms with Crippen molar-refractivity contribution in [2.75, 3.05) is 13.1 Å². The third-order valence-electron chi connectivity index (χ3n) is 5.73. The molecule has 5 rings (SSSR count). The number of pyridine rings is 1. The molecule has 158 valence electrons. The van der Waals surface area contributed by atoms with Gasteiger partial charge < -0.3 is 9.73 Å². The molecule has 1 aromatic carbocycles. The molecule has 1 N–H and O–H groups in total. The van der Waals surface area contributed by atoms with Crippen LogP contribution >= 0.6 is 0 Å². The van der Waals surface area contributed by atoms with Crippen LogP contribution in [0.15, 0.2) is 64.2 Å². The second-order valence-electron chi connectivity index (χ2n) is 7.89. The van der Waals surface area contributed by atoms with E-state index in [0.29, 0.717) is 11.1 Å². The summed E-state index contributed by atoms with van der Waals surface area (Å²) in [6.45, 7) is 2.54. The number of hydrogen-bond donors (Lipinski definition) is 1. The molecular weight excluding hydrogens is 394 g/mol. The Labute approximate surface area is 178 Å². The van der Waals surface area contributed by atoms with Gasteiger partial charge in [0, 0.05) is 37.3 Å². The van der Waals surface area contributed by atoms with Crippen LogP contribution in [0, 0.1) is 0 Å². The molecule has 3 aromatic heterocycles. The molecule has 0 bridgehead atoms. The molecule has 1 fully saturated rings. The fourth-order valence-electron chi connectivity index (χ4n) is 4.11. The minimum Gasteiger partial charge on any atom is -0.448 e. The predicted octanol–water partition coefficient (Wildman–Crippen LogP) is 2.32. The number of hydrogen-bond acceptors (Lipinski definition) is 6. The molecular formula is C23H23N5O3. The molecule has 4 aromatic rings. The number of benzene rings is 1. The first kappa shape index (κ1) is 19.4. The fraction of sp³-hybridized carbons (Fsp3) is 0.304. The predicted molar refractivity (Wildman–Crippen MR) is 116 cm³/mol. The van der Waals surface area contributed by atoms with E-state index in [1.54, 1.807) is 6.07 Å². The maximum Gasteiger partial charge on any atom is 0.297 e. The van der Waals surface area contributed by atoms with Crippen LogP contribution in [-0.4, -0.2) is 44.5 Å². The van der Waals surface area contributed by atoms with E-state index in [4.69, 9.17) is 4.42 Å². The molecule has 8 heteroatoms. The number of fused-ring (bicyclic) bond motifs is 3. The van der Waals surface area contributed by atoms with Gasteiger partial charge in [0.15, 0.2) is 0 Å². The zero-order valence-corrected chi connectivity index (χ0v) is 17.0. The van der Waals surface area contributed by atoms with E-state index < -0.39 is 0 Å². The van der Waals surface area contributed by atoms with Crippen LogP contribution in [0.25, 0.3) is 22.1 Å². The van der Waals surface area contributed by atoms with Crippen molar-refractivity contribution >= 4 is 28.0 Å². The number of nitrogens with zero attached hydrogens (tertiary/aromatic N) is 4. The molecule has 0 atom stereocenters. The highest BCUT2D eigenvalue weighted by atomic mass is 16.3. The van der Waals surface area contributed by atoms with Crippen molar-refractivity contribution in [2.24, 2.45) is 0 Å². The van der Waals surface area contributed by atoms with Gasteiger partial charge in [0.05, 0.1) is 12.0 Å². The zero-order valence-electron chi connectivity index (χ0n) is 17.0. The van der Waals surface area contributed by atoms with Crippen molar-refractivity contribution in [3.05, 3.63) is 71.0 Å². The second-order valence-corrected chi connectivity index (χ2v) is 7.89. The Morgan fingerprint density at radius 2 is 1.90 bits per heavy atom. The van der Waals surface area contributed by atoms with Gasteiger partial charge in [-0.3, -0.25) is 24.0 Å². The van der Waals surface area contributed by atoms with E-state index in [1.165, 1.54) is 10.9 Å². The Bertz CT molecular complexity index is 1270. The summed E-state index contributed by atoms with van der Waals surface area (Å²) in [4.78, 5) is 36.4. The molecule has 1 aliphatic rings. The van der Waals surface area contributed by atoms with Gasteiger partial charge in [0.1, 0.15) is 17.6 Å². The summed E-state index contributed by atoms with van der Waals surface area (Å²) in [5.74, 6) is -0.192. The number of carbonyl (C=O) groups excluding carboxylic acids is 1. The van der Waals surface area contributed by atoms with Crippen LogP contribution in [0.4, 0.5) is 0 Å². The van der Waals surface area contributed by atoms with Crippen LogP contribution < -0.4 is 10.9 Å². The van der Waals surface area contributed by atoms with Gasteiger partial charge in [0.2, 0.25) is 11.5 Å². The monoisotopic (exact) mass is 417 g/mol. The molecule has 1 amide bonds. The number of likely N-dealkylation sites (tertiary alicyclic amines) is 1. The van der Waals surface area contributed by atoms with Gasteiger partial charge in [-0.1, -0.05) is 18.2 Å². The van der Waals surface area contributed by atoms with Gasteiger partial charge in [-0.2, -0.15) is 0 Å². The van der Waals surface area contributed by atoms with Crippen LogP contribution in [0.5, 0.6) is 0 Å². The minimum absolute atomic E-state index is 0.0764. The molecule has 0 aliphatic carbocycles. The molecule has 1 saturated heterocycles. The summed E-state index contributed by atoms with van der Waals surface area (Å²) < 4.78 is 6.98. The van der Waals surface area contributed by atoms with Gasteiger partial charge >= 0.3 is 0 Å². The van der Waals surface area contributed by atoms with E-state index in [9.17, 15) is 9.59 Å². The standard InChI is InChI=1S/C23H23N5O3/c29-20(26-16-8-11-27(12-9-16)13-17-5-3-4-10-24-17)14-28-15-25-21-18-6-1-2-7-19(18)31-22(21)23(28)30/h1-7,10,15-16H,8-9,11-14H2,(H,26,29). The van der Waals surface area contributed by atoms with E-state index in [-0.39, 0.29) is 29.6 Å². The Balaban J connectivity index is 1.20. The summed E-state index contributed by atoms with van der Waals surface area (Å²) in [5.41, 5.74) is 2.03. The Morgan fingerprint density at radius 1 is 1.10 bits per heavy atom. The molecule has 4 heterocycles. The Kier molecular flexibility index (Phi) is 5.21. The maximum atomic E-state index is 12.8. The number of aromatic nitrogens is 3. The smallest absolute Gasteiger partial charge is 0.297 e. The lowest BCUT2D eigenvalue weighted by Crippen LogP contribution is -2.45. The highest BCUT2D eigenvalue weighted by molar-refractivity contribution is 6.01. The van der Waals surface area contributed by atoms with Gasteiger partial charge in [0.25, 0.3) is 5.56 Å². The van der Waals surface area contributed by atoms with Crippen molar-refractivity contribution in [1.29, 1.82) is 0 Å². The van der Waals surface area contributed by atoms with Gasteiger partial charge in [-0.15, -0.1) is 0 Å². The first-order valence-electron chi connectivity index (χ1n) is 10.5. The number of amides is 1. The lowest BCUT2D eigenvalue weighted by atomic mass is 10.0. The summed E-state index contributed by atoms with van der Waals surface area (Å²) in [6, 6.07) is 13.4. The fourth-order valence-corrected chi connectivity index (χ4v) is 4.11. The van der Waals surface area contributed by atoms with Crippen LogP contribution in [0.1, 0.15) is 18.5 Å². The number of rotatable bonds is 5. The summed E-state index contributed by atoms with van der Waals surface area (Å²) in [5, 5.41) is 3.85. The van der Waals surface area contributed by atoms with Crippen molar-refractivity contribution in [2.45, 2.75) is 32.0 Å². The van der Waals surface area contributed by atoms with Crippen LogP contribution in [0.3, 0.4) is 0 Å². The number of para-hydroxylation sites is 1. The van der Waals surface area contributed by atoms with E-state index in [1.807, 2.05) is 42.6 Å². The number of carbonyl (C=O) groups is 1. The van der Waals surface area contributed by atoms with E-state index in [0.717, 1.165) is 43.6 Å². The maximum absolute atomic E-state index is 12.8. The van der Waals surface area contributed by atoms with Gasteiger partial charge in [-0.05, 0) is 37.1 Å². The van der Waals surface area contributed by atoms with Crippen molar-refractivity contribution < 1.29 is 9.21 Å². The SMILES string of the molecule is O=C(Cn1cnc2c(oc3ccccc32)c1=O)NC1CCN(Cc2ccccn2)CC1. The highest BCUT2D eigenvalue weighted by Gasteiger charge is 2.22. The first-order chi connectivity index (χ1) is 15.2. The average molecular weight is 417 g/mol. The molecule has 0 saturated carbocycles. The van der Waals surface area contributed by atoms with E-state index in [2.05, 4.69) is 20.2 Å². The second kappa shape index (κ2) is 8.31. The van der Waals surface area contributed by atoms with Crippen molar-refractivity contribution in [3.63, 3.8) is 0 Å². The number of piperidine rings is 1. The minimum atomic E-state index is -0.346. The van der Waals surface area contributed by atoms with Crippen LogP contribution in [-0.2, 0) is 17.9 Å². The molecule has 31 heavy (non-hydrogen) atoms. The quantitative estimate of drug-likeness (QED) is 0.536. The third-order valence-corrected chi connectivity index (χ3v) is 5.73. The lowest BCUT2D eigenvalue weighted by molar-refractivity contribution is -0.122. The highest BCUT2D eigenvalue weighted by Crippen LogP contribution is 2.24. The molecule has 0 radical (unpaired) electrons. The Hall–Kier alpha value is -3.52. The number of furan rings is 1. The van der Waals surface area contributed by atoms with Crippen LogP contribution in [0.2, 0.25) is 0 Å². The number of nitrogens with one attached hydrogen (secondary N) is 1. The largest absolute Gasteiger partial charge is 0.448 e. The molecule has 1 aliphatic heterocycles. The molecule has 0 spiro atoms. The molecule has 0 unspecified atom stereocenters. The first-order valence-corrected chi connectivity index (χ1v) is 10.5. The lowest BCUT2D eigenvalue weighted by Gasteiger charge is -2.32.